The molecule has 0 atom stereocenters. The Morgan fingerprint density at radius 2 is 1.71 bits per heavy atom. The molecular formula is C24H25NO4S2. The third kappa shape index (κ3) is 6.95. The zero-order valence-electron chi connectivity index (χ0n) is 17.3. The van der Waals surface area contributed by atoms with Crippen molar-refractivity contribution in [3.63, 3.8) is 0 Å². The van der Waals surface area contributed by atoms with Crippen LogP contribution in [0.3, 0.4) is 0 Å². The fraction of sp³-hybridized carbons (Fsp3) is 0.208. The van der Waals surface area contributed by atoms with E-state index in [4.69, 9.17) is 9.88 Å². The van der Waals surface area contributed by atoms with Gasteiger partial charge in [0.2, 0.25) is 10.0 Å². The Labute approximate surface area is 187 Å². The molecular weight excluding hydrogens is 430 g/mol. The van der Waals surface area contributed by atoms with Crippen LogP contribution in [0.25, 0.3) is 11.1 Å². The van der Waals surface area contributed by atoms with Gasteiger partial charge in [0.15, 0.2) is 5.12 Å². The van der Waals surface area contributed by atoms with E-state index in [1.165, 1.54) is 23.9 Å². The van der Waals surface area contributed by atoms with Gasteiger partial charge in [0.25, 0.3) is 0 Å². The number of sulfonamides is 1. The standard InChI is InChI=1S/C24H25NO4S2/c1-2-29-21-9-3-6-18(16-21)7-4-11-24(26)30-22-10-5-8-20(17-22)19-12-14-23(15-13-19)31(25,27)28/h3,5-6,8-10,12-17H,2,4,7,11H2,1H3,(H2,25,27,28). The van der Waals surface area contributed by atoms with Crippen LogP contribution in [-0.4, -0.2) is 20.1 Å². The number of rotatable bonds is 9. The molecule has 3 rings (SSSR count). The molecule has 0 saturated carbocycles. The van der Waals surface area contributed by atoms with Crippen molar-refractivity contribution in [1.29, 1.82) is 0 Å². The molecule has 0 radical (unpaired) electrons. The summed E-state index contributed by atoms with van der Waals surface area (Å²) >= 11 is 1.23. The Morgan fingerprint density at radius 3 is 2.42 bits per heavy atom. The topological polar surface area (TPSA) is 86.5 Å². The highest BCUT2D eigenvalue weighted by molar-refractivity contribution is 8.13. The van der Waals surface area contributed by atoms with Gasteiger partial charge < -0.3 is 4.74 Å². The second kappa shape index (κ2) is 10.6. The van der Waals surface area contributed by atoms with Crippen LogP contribution in [0.2, 0.25) is 0 Å². The Hall–Kier alpha value is -2.61. The van der Waals surface area contributed by atoms with E-state index in [0.29, 0.717) is 13.0 Å². The summed E-state index contributed by atoms with van der Waals surface area (Å²) in [6.07, 6.45) is 2.08. The number of carbonyl (C=O) groups is 1. The molecule has 0 amide bonds. The third-order valence-electron chi connectivity index (χ3n) is 4.64. The summed E-state index contributed by atoms with van der Waals surface area (Å²) in [4.78, 5) is 13.4. The van der Waals surface area contributed by atoms with Gasteiger partial charge in [-0.25, -0.2) is 13.6 Å². The third-order valence-corrected chi connectivity index (χ3v) is 6.49. The van der Waals surface area contributed by atoms with Crippen molar-refractivity contribution in [2.75, 3.05) is 6.61 Å². The number of nitrogens with two attached hydrogens (primary N) is 1. The lowest BCUT2D eigenvalue weighted by molar-refractivity contribution is -0.111. The second-order valence-corrected chi connectivity index (χ2v) is 9.70. The van der Waals surface area contributed by atoms with Gasteiger partial charge in [-0.2, -0.15) is 0 Å². The lowest BCUT2D eigenvalue weighted by Crippen LogP contribution is -2.11. The normalized spacial score (nSPS) is 11.3. The van der Waals surface area contributed by atoms with Gasteiger partial charge in [0, 0.05) is 11.3 Å². The zero-order valence-corrected chi connectivity index (χ0v) is 18.9. The number of hydrogen-bond donors (Lipinski definition) is 1. The minimum absolute atomic E-state index is 0.0729. The van der Waals surface area contributed by atoms with Crippen LogP contribution in [0.5, 0.6) is 5.75 Å². The van der Waals surface area contributed by atoms with Crippen LogP contribution in [0.4, 0.5) is 0 Å². The van der Waals surface area contributed by atoms with E-state index in [9.17, 15) is 13.2 Å². The summed E-state index contributed by atoms with van der Waals surface area (Å²) < 4.78 is 28.3. The average molecular weight is 456 g/mol. The highest BCUT2D eigenvalue weighted by Crippen LogP contribution is 2.28. The molecule has 0 fully saturated rings. The monoisotopic (exact) mass is 455 g/mol. The molecule has 0 unspecified atom stereocenters. The van der Waals surface area contributed by atoms with Crippen LogP contribution >= 0.6 is 11.8 Å². The molecule has 0 saturated heterocycles. The molecule has 0 aliphatic rings. The van der Waals surface area contributed by atoms with Gasteiger partial charge in [0.05, 0.1) is 11.5 Å². The summed E-state index contributed by atoms with van der Waals surface area (Å²) in [5.41, 5.74) is 2.93. The average Bonchev–Trinajstić information content (AvgIpc) is 2.74. The Morgan fingerprint density at radius 1 is 0.968 bits per heavy atom. The number of ether oxygens (including phenoxy) is 1. The van der Waals surface area contributed by atoms with E-state index < -0.39 is 10.0 Å². The molecule has 0 heterocycles. The van der Waals surface area contributed by atoms with E-state index in [1.807, 2.05) is 55.5 Å². The van der Waals surface area contributed by atoms with Gasteiger partial charge >= 0.3 is 0 Å². The number of thioether (sulfide) groups is 1. The van der Waals surface area contributed by atoms with Crippen LogP contribution in [0.1, 0.15) is 25.3 Å². The van der Waals surface area contributed by atoms with Gasteiger partial charge in [-0.1, -0.05) is 48.2 Å². The molecule has 2 N–H and O–H groups in total. The van der Waals surface area contributed by atoms with E-state index in [0.717, 1.165) is 40.2 Å². The Kier molecular flexibility index (Phi) is 7.90. The molecule has 0 aliphatic carbocycles. The first-order valence-electron chi connectivity index (χ1n) is 10.0. The van der Waals surface area contributed by atoms with Crippen molar-refractivity contribution in [3.8, 4) is 16.9 Å². The van der Waals surface area contributed by atoms with E-state index in [1.54, 1.807) is 12.1 Å². The smallest absolute Gasteiger partial charge is 0.238 e. The van der Waals surface area contributed by atoms with Crippen molar-refractivity contribution in [1.82, 2.24) is 0 Å². The summed E-state index contributed by atoms with van der Waals surface area (Å²) in [5, 5.41) is 5.26. The SMILES string of the molecule is CCOc1cccc(CCCC(=O)Sc2cccc(-c3ccc(S(N)(=O)=O)cc3)c2)c1. The Bertz CT molecular complexity index is 1140. The van der Waals surface area contributed by atoms with Crippen LogP contribution in [0, 0.1) is 0 Å². The van der Waals surface area contributed by atoms with Gasteiger partial charge in [-0.3, -0.25) is 4.79 Å². The number of primary sulfonamides is 1. The predicted molar refractivity (Wildman–Crippen MR) is 125 cm³/mol. The molecule has 162 valence electrons. The van der Waals surface area contributed by atoms with Crippen molar-refractivity contribution in [3.05, 3.63) is 78.4 Å². The Balaban J connectivity index is 1.57. The van der Waals surface area contributed by atoms with Crippen LogP contribution < -0.4 is 9.88 Å². The molecule has 3 aromatic rings. The number of benzene rings is 3. The van der Waals surface area contributed by atoms with Crippen LogP contribution in [-0.2, 0) is 21.2 Å². The predicted octanol–water partition coefficient (Wildman–Crippen LogP) is 5.04. The van der Waals surface area contributed by atoms with Crippen molar-refractivity contribution in [2.45, 2.75) is 36.0 Å². The molecule has 0 aromatic heterocycles. The first kappa shape index (κ1) is 23.1. The lowest BCUT2D eigenvalue weighted by Gasteiger charge is -2.07. The fourth-order valence-electron chi connectivity index (χ4n) is 3.15. The minimum atomic E-state index is -3.72. The lowest BCUT2D eigenvalue weighted by atomic mass is 10.1. The summed E-state index contributed by atoms with van der Waals surface area (Å²) in [6, 6.07) is 22.0. The molecule has 0 spiro atoms. The summed E-state index contributed by atoms with van der Waals surface area (Å²) in [6.45, 7) is 2.59. The highest BCUT2D eigenvalue weighted by Gasteiger charge is 2.09. The highest BCUT2D eigenvalue weighted by atomic mass is 32.2. The van der Waals surface area contributed by atoms with E-state index >= 15 is 0 Å². The molecule has 7 heteroatoms. The van der Waals surface area contributed by atoms with Gasteiger partial charge in [0.1, 0.15) is 5.75 Å². The van der Waals surface area contributed by atoms with Gasteiger partial charge in [-0.05, 0) is 72.9 Å². The maximum absolute atomic E-state index is 12.4. The van der Waals surface area contributed by atoms with Gasteiger partial charge in [-0.15, -0.1) is 0 Å². The summed E-state index contributed by atoms with van der Waals surface area (Å²) in [5.74, 6) is 0.856. The zero-order chi connectivity index (χ0) is 22.3. The maximum Gasteiger partial charge on any atom is 0.238 e. The molecule has 0 aliphatic heterocycles. The first-order chi connectivity index (χ1) is 14.8. The van der Waals surface area contributed by atoms with E-state index in [2.05, 4.69) is 0 Å². The van der Waals surface area contributed by atoms with Crippen LogP contribution in [0.15, 0.2) is 82.6 Å². The fourth-order valence-corrected chi connectivity index (χ4v) is 4.51. The molecule has 5 nitrogen and oxygen atoms in total. The molecule has 31 heavy (non-hydrogen) atoms. The van der Waals surface area contributed by atoms with E-state index in [-0.39, 0.29) is 10.0 Å². The quantitative estimate of drug-likeness (QED) is 0.457. The number of hydrogen-bond acceptors (Lipinski definition) is 5. The first-order valence-corrected chi connectivity index (χ1v) is 12.4. The van der Waals surface area contributed by atoms with Crippen molar-refractivity contribution >= 4 is 26.9 Å². The number of aryl methyl sites for hydroxylation is 1. The number of carbonyl (C=O) groups excluding carboxylic acids is 1. The van der Waals surface area contributed by atoms with Crippen molar-refractivity contribution in [2.24, 2.45) is 5.14 Å². The maximum atomic E-state index is 12.4. The largest absolute Gasteiger partial charge is 0.494 e. The molecule has 3 aromatic carbocycles. The second-order valence-electron chi connectivity index (χ2n) is 7.01. The molecule has 0 bridgehead atoms. The summed E-state index contributed by atoms with van der Waals surface area (Å²) in [7, 11) is -3.72. The van der Waals surface area contributed by atoms with Crippen molar-refractivity contribution < 1.29 is 17.9 Å². The minimum Gasteiger partial charge on any atom is -0.494 e.